The molecule has 0 unspecified atom stereocenters. The molecule has 2 aromatic carbocycles. The third-order valence-corrected chi connectivity index (χ3v) is 4.69. The van der Waals surface area contributed by atoms with E-state index in [1.54, 1.807) is 6.07 Å². The molecule has 7 heteroatoms. The molecule has 0 aromatic heterocycles. The fraction of sp³-hybridized carbons (Fsp3) is 0.316. The van der Waals surface area contributed by atoms with Crippen LogP contribution in [-0.2, 0) is 30.8 Å². The second kappa shape index (κ2) is 8.16. The zero-order valence-corrected chi connectivity index (χ0v) is 15.7. The average Bonchev–Trinajstić information content (AvgIpc) is 3.08. The SMILES string of the molecule is Cl.O=C(Cc1cc(Cl)c2c(c1)OCCO2)NCc1ccc2c(c1)CNC2. The van der Waals surface area contributed by atoms with Gasteiger partial charge in [-0.15, -0.1) is 12.4 Å². The lowest BCUT2D eigenvalue weighted by atomic mass is 10.1. The third-order valence-electron chi connectivity index (χ3n) is 4.41. The fourth-order valence-corrected chi connectivity index (χ4v) is 3.46. The number of nitrogens with one attached hydrogen (secondary N) is 2. The van der Waals surface area contributed by atoms with Crippen LogP contribution in [0.2, 0.25) is 5.02 Å². The van der Waals surface area contributed by atoms with Gasteiger partial charge in [-0.2, -0.15) is 0 Å². The van der Waals surface area contributed by atoms with Gasteiger partial charge in [-0.3, -0.25) is 4.79 Å². The molecule has 0 bridgehead atoms. The van der Waals surface area contributed by atoms with Gasteiger partial charge in [-0.05, 0) is 34.4 Å². The van der Waals surface area contributed by atoms with Crippen molar-refractivity contribution in [3.63, 3.8) is 0 Å². The Kier molecular flexibility index (Phi) is 5.91. The van der Waals surface area contributed by atoms with E-state index in [2.05, 4.69) is 28.8 Å². The topological polar surface area (TPSA) is 59.6 Å². The van der Waals surface area contributed by atoms with Gasteiger partial charge in [0.1, 0.15) is 13.2 Å². The molecule has 2 N–H and O–H groups in total. The lowest BCUT2D eigenvalue weighted by Crippen LogP contribution is -2.24. The second-order valence-electron chi connectivity index (χ2n) is 6.26. The van der Waals surface area contributed by atoms with Gasteiger partial charge in [0.25, 0.3) is 0 Å². The van der Waals surface area contributed by atoms with Crippen molar-refractivity contribution in [2.45, 2.75) is 26.1 Å². The standard InChI is InChI=1S/C19H19ClN2O3.ClH/c20-16-6-13(7-17-19(16)25-4-3-24-17)8-18(23)22-9-12-1-2-14-10-21-11-15(14)5-12;/h1-2,5-7,21H,3-4,8-11H2,(H,22,23);1H. The van der Waals surface area contributed by atoms with Crippen molar-refractivity contribution in [1.82, 2.24) is 10.6 Å². The van der Waals surface area contributed by atoms with Crippen molar-refractivity contribution in [2.75, 3.05) is 13.2 Å². The molecule has 0 radical (unpaired) electrons. The van der Waals surface area contributed by atoms with Gasteiger partial charge in [0, 0.05) is 19.6 Å². The summed E-state index contributed by atoms with van der Waals surface area (Å²) < 4.78 is 11.0. The molecule has 0 saturated heterocycles. The minimum Gasteiger partial charge on any atom is -0.486 e. The smallest absolute Gasteiger partial charge is 0.224 e. The molecule has 26 heavy (non-hydrogen) atoms. The maximum absolute atomic E-state index is 12.3. The lowest BCUT2D eigenvalue weighted by molar-refractivity contribution is -0.120. The molecule has 0 aliphatic carbocycles. The summed E-state index contributed by atoms with van der Waals surface area (Å²) in [5.41, 5.74) is 4.56. The molecular weight excluding hydrogens is 375 g/mol. The van der Waals surface area contributed by atoms with Gasteiger partial charge >= 0.3 is 0 Å². The maximum Gasteiger partial charge on any atom is 0.224 e. The highest BCUT2D eigenvalue weighted by molar-refractivity contribution is 6.32. The summed E-state index contributed by atoms with van der Waals surface area (Å²) in [4.78, 5) is 12.3. The number of ether oxygens (including phenoxy) is 2. The van der Waals surface area contributed by atoms with E-state index in [0.29, 0.717) is 36.3 Å². The van der Waals surface area contributed by atoms with Gasteiger partial charge in [0.2, 0.25) is 5.91 Å². The average molecular weight is 395 g/mol. The monoisotopic (exact) mass is 394 g/mol. The number of hydrogen-bond acceptors (Lipinski definition) is 4. The predicted octanol–water partition coefficient (Wildman–Crippen LogP) is 3.00. The van der Waals surface area contributed by atoms with Gasteiger partial charge in [-0.25, -0.2) is 0 Å². The van der Waals surface area contributed by atoms with Gasteiger partial charge < -0.3 is 20.1 Å². The molecule has 138 valence electrons. The summed E-state index contributed by atoms with van der Waals surface area (Å²) in [7, 11) is 0. The van der Waals surface area contributed by atoms with Gasteiger partial charge in [-0.1, -0.05) is 29.8 Å². The maximum atomic E-state index is 12.3. The highest BCUT2D eigenvalue weighted by Gasteiger charge is 2.17. The van der Waals surface area contributed by atoms with Crippen molar-refractivity contribution >= 4 is 29.9 Å². The van der Waals surface area contributed by atoms with E-state index >= 15 is 0 Å². The zero-order valence-electron chi connectivity index (χ0n) is 14.1. The first-order chi connectivity index (χ1) is 12.2. The van der Waals surface area contributed by atoms with Gasteiger partial charge in [0.05, 0.1) is 11.4 Å². The van der Waals surface area contributed by atoms with Crippen LogP contribution in [0.4, 0.5) is 0 Å². The van der Waals surface area contributed by atoms with Crippen molar-refractivity contribution < 1.29 is 14.3 Å². The molecule has 4 rings (SSSR count). The van der Waals surface area contributed by atoms with Crippen LogP contribution < -0.4 is 20.1 Å². The Morgan fingerprint density at radius 3 is 2.77 bits per heavy atom. The molecule has 0 spiro atoms. The van der Waals surface area contributed by atoms with E-state index in [4.69, 9.17) is 21.1 Å². The summed E-state index contributed by atoms with van der Waals surface area (Å²) >= 11 is 6.22. The van der Waals surface area contributed by atoms with Crippen molar-refractivity contribution in [3.8, 4) is 11.5 Å². The number of carbonyl (C=O) groups is 1. The van der Waals surface area contributed by atoms with Crippen molar-refractivity contribution in [1.29, 1.82) is 0 Å². The van der Waals surface area contributed by atoms with Crippen LogP contribution in [0.15, 0.2) is 30.3 Å². The van der Waals surface area contributed by atoms with Crippen LogP contribution in [0, 0.1) is 0 Å². The molecule has 2 heterocycles. The Labute approximate surface area is 163 Å². The highest BCUT2D eigenvalue weighted by atomic mass is 35.5. The van der Waals surface area contributed by atoms with E-state index in [9.17, 15) is 4.79 Å². The minimum atomic E-state index is -0.0497. The number of benzene rings is 2. The molecule has 1 amide bonds. The normalized spacial score (nSPS) is 14.3. The number of amides is 1. The molecule has 0 fully saturated rings. The third kappa shape index (κ3) is 4.06. The second-order valence-corrected chi connectivity index (χ2v) is 6.67. The minimum absolute atomic E-state index is 0. The molecule has 2 aromatic rings. The summed E-state index contributed by atoms with van der Waals surface area (Å²) in [6.45, 7) is 3.32. The number of hydrogen-bond donors (Lipinski definition) is 2. The zero-order chi connectivity index (χ0) is 17.2. The summed E-state index contributed by atoms with van der Waals surface area (Å²) in [6.07, 6.45) is 0.253. The Morgan fingerprint density at radius 2 is 1.88 bits per heavy atom. The molecule has 5 nitrogen and oxygen atoms in total. The van der Waals surface area contributed by atoms with Crippen LogP contribution in [-0.4, -0.2) is 19.1 Å². The number of carbonyl (C=O) groups excluding carboxylic acids is 1. The summed E-state index contributed by atoms with van der Waals surface area (Å²) in [6, 6.07) is 9.91. The molecule has 0 atom stereocenters. The van der Waals surface area contributed by atoms with Crippen molar-refractivity contribution in [2.24, 2.45) is 0 Å². The van der Waals surface area contributed by atoms with E-state index in [1.165, 1.54) is 11.1 Å². The Balaban J connectivity index is 0.00000196. The van der Waals surface area contributed by atoms with E-state index < -0.39 is 0 Å². The van der Waals surface area contributed by atoms with Crippen LogP contribution in [0.1, 0.15) is 22.3 Å². The van der Waals surface area contributed by atoms with E-state index in [1.807, 2.05) is 6.07 Å². The highest BCUT2D eigenvalue weighted by Crippen LogP contribution is 2.38. The predicted molar refractivity (Wildman–Crippen MR) is 102 cm³/mol. The lowest BCUT2D eigenvalue weighted by Gasteiger charge is -2.20. The first-order valence-corrected chi connectivity index (χ1v) is 8.73. The van der Waals surface area contributed by atoms with Crippen LogP contribution in [0.25, 0.3) is 0 Å². The first-order valence-electron chi connectivity index (χ1n) is 8.35. The van der Waals surface area contributed by atoms with Crippen LogP contribution in [0.3, 0.4) is 0 Å². The summed E-state index contributed by atoms with van der Waals surface area (Å²) in [5.74, 6) is 1.11. The quantitative estimate of drug-likeness (QED) is 0.836. The van der Waals surface area contributed by atoms with Crippen molar-refractivity contribution in [3.05, 3.63) is 57.6 Å². The Morgan fingerprint density at radius 1 is 1.08 bits per heavy atom. The fourth-order valence-electron chi connectivity index (χ4n) is 3.17. The van der Waals surface area contributed by atoms with E-state index in [-0.39, 0.29) is 24.7 Å². The largest absolute Gasteiger partial charge is 0.486 e. The summed E-state index contributed by atoms with van der Waals surface area (Å²) in [5, 5.41) is 6.76. The first kappa shape index (κ1) is 18.8. The number of fused-ring (bicyclic) bond motifs is 2. The number of halogens is 2. The Bertz CT molecular complexity index is 827. The number of rotatable bonds is 4. The van der Waals surface area contributed by atoms with E-state index in [0.717, 1.165) is 24.2 Å². The Hall–Kier alpha value is -1.95. The molecule has 0 saturated carbocycles. The molecule has 2 aliphatic rings. The van der Waals surface area contributed by atoms with Gasteiger partial charge in [0.15, 0.2) is 11.5 Å². The van der Waals surface area contributed by atoms with Crippen LogP contribution in [0.5, 0.6) is 11.5 Å². The van der Waals surface area contributed by atoms with Crippen LogP contribution >= 0.6 is 24.0 Å². The molecular formula is C19H20Cl2N2O3. The molecule has 2 aliphatic heterocycles.